The van der Waals surface area contributed by atoms with Gasteiger partial charge in [-0.1, -0.05) is 36.5 Å². The minimum absolute atomic E-state index is 0.0762. The van der Waals surface area contributed by atoms with E-state index in [0.717, 1.165) is 4.31 Å². The molecule has 0 saturated carbocycles. The minimum atomic E-state index is -0.647. The Kier molecular flexibility index (Phi) is 8.34. The summed E-state index contributed by atoms with van der Waals surface area (Å²) < 4.78 is 19.6. The van der Waals surface area contributed by atoms with E-state index in [1.807, 2.05) is 0 Å². The molecule has 4 amide bonds. The number of nitrogens with one attached hydrogen (secondary N) is 3. The number of nitrogens with zero attached hydrogens (tertiary/aromatic N) is 1. The summed E-state index contributed by atoms with van der Waals surface area (Å²) in [6.07, 6.45) is -0.647. The van der Waals surface area contributed by atoms with Crippen LogP contribution in [0.1, 0.15) is 17.3 Å². The second-order valence-corrected chi connectivity index (χ2v) is 7.57. The average molecular weight is 503 g/mol. The highest BCUT2D eigenvalue weighted by Gasteiger charge is 2.16. The average Bonchev–Trinajstić information content (AvgIpc) is 2.81. The molecule has 3 N–H and O–H groups in total. The van der Waals surface area contributed by atoms with Crippen LogP contribution in [0.25, 0.3) is 0 Å². The van der Waals surface area contributed by atoms with Crippen LogP contribution in [-0.2, 0) is 4.74 Å². The minimum Gasteiger partial charge on any atom is -0.450 e. The van der Waals surface area contributed by atoms with Crippen molar-refractivity contribution >= 4 is 65.2 Å². The molecule has 0 radical (unpaired) electrons. The van der Waals surface area contributed by atoms with E-state index in [9.17, 15) is 18.8 Å². The van der Waals surface area contributed by atoms with Gasteiger partial charge in [0.2, 0.25) is 0 Å². The Morgan fingerprint density at radius 1 is 0.971 bits per heavy atom. The van der Waals surface area contributed by atoms with Crippen LogP contribution >= 0.6 is 24.4 Å². The van der Waals surface area contributed by atoms with Crippen LogP contribution in [0, 0.1) is 5.82 Å². The zero-order chi connectivity index (χ0) is 24.7. The molecule has 8 nitrogen and oxygen atoms in total. The zero-order valence-electron chi connectivity index (χ0n) is 17.8. The van der Waals surface area contributed by atoms with Crippen molar-refractivity contribution in [1.82, 2.24) is 0 Å². The van der Waals surface area contributed by atoms with Crippen molar-refractivity contribution in [2.75, 3.05) is 26.9 Å². The highest BCUT2D eigenvalue weighted by Crippen LogP contribution is 2.29. The van der Waals surface area contributed by atoms with Gasteiger partial charge in [-0.05, 0) is 61.5 Å². The number of ether oxygens (including phenoxy) is 1. The molecule has 0 atom stereocenters. The van der Waals surface area contributed by atoms with Gasteiger partial charge in [0.1, 0.15) is 5.82 Å². The SMILES string of the molecule is CCOC(=O)Nc1ccc(N(S)C(=O)Nc2ccc(NC(=O)c3ccccc3F)cc2)cc1Cl. The maximum absolute atomic E-state index is 13.7. The summed E-state index contributed by atoms with van der Waals surface area (Å²) in [5, 5.41) is 7.92. The third-order valence-electron chi connectivity index (χ3n) is 4.41. The van der Waals surface area contributed by atoms with Crippen molar-refractivity contribution in [3.05, 3.63) is 83.1 Å². The Morgan fingerprint density at radius 3 is 2.24 bits per heavy atom. The van der Waals surface area contributed by atoms with Crippen LogP contribution in [0.3, 0.4) is 0 Å². The van der Waals surface area contributed by atoms with Gasteiger partial charge in [0, 0.05) is 11.4 Å². The van der Waals surface area contributed by atoms with Gasteiger partial charge in [-0.2, -0.15) is 0 Å². The molecule has 0 fully saturated rings. The van der Waals surface area contributed by atoms with Crippen LogP contribution < -0.4 is 20.3 Å². The number of hydrogen-bond acceptors (Lipinski definition) is 5. The number of urea groups is 1. The summed E-state index contributed by atoms with van der Waals surface area (Å²) in [6.45, 7) is 1.89. The lowest BCUT2D eigenvalue weighted by molar-refractivity contribution is 0.102. The second kappa shape index (κ2) is 11.4. The highest BCUT2D eigenvalue weighted by atomic mass is 35.5. The molecule has 0 aliphatic carbocycles. The van der Waals surface area contributed by atoms with Crippen molar-refractivity contribution in [3.63, 3.8) is 0 Å². The summed E-state index contributed by atoms with van der Waals surface area (Å²) in [5.74, 6) is -1.21. The van der Waals surface area contributed by atoms with Gasteiger partial charge in [-0.25, -0.2) is 18.3 Å². The molecule has 3 aromatic carbocycles. The number of hydrogen-bond donors (Lipinski definition) is 4. The largest absolute Gasteiger partial charge is 0.450 e. The summed E-state index contributed by atoms with van der Waals surface area (Å²) in [7, 11) is 0. The number of halogens is 2. The lowest BCUT2D eigenvalue weighted by Crippen LogP contribution is -2.26. The molecule has 0 spiro atoms. The number of thiol groups is 1. The van der Waals surface area contributed by atoms with Crippen LogP contribution in [0.2, 0.25) is 5.02 Å². The molecular weight excluding hydrogens is 483 g/mol. The molecule has 0 bridgehead atoms. The Balaban J connectivity index is 1.61. The van der Waals surface area contributed by atoms with E-state index < -0.39 is 23.8 Å². The monoisotopic (exact) mass is 502 g/mol. The third kappa shape index (κ3) is 6.40. The maximum atomic E-state index is 13.7. The molecule has 3 aromatic rings. The van der Waals surface area contributed by atoms with Gasteiger partial charge in [0.25, 0.3) is 5.91 Å². The van der Waals surface area contributed by atoms with Crippen molar-refractivity contribution in [3.8, 4) is 0 Å². The normalized spacial score (nSPS) is 10.2. The highest BCUT2D eigenvalue weighted by molar-refractivity contribution is 7.82. The predicted molar refractivity (Wildman–Crippen MR) is 133 cm³/mol. The van der Waals surface area contributed by atoms with E-state index in [-0.39, 0.29) is 17.2 Å². The van der Waals surface area contributed by atoms with E-state index in [1.54, 1.807) is 43.3 Å². The summed E-state index contributed by atoms with van der Waals surface area (Å²) in [6, 6.07) is 15.8. The zero-order valence-corrected chi connectivity index (χ0v) is 19.5. The van der Waals surface area contributed by atoms with Crippen LogP contribution in [0.4, 0.5) is 36.7 Å². The first-order chi connectivity index (χ1) is 16.3. The lowest BCUT2D eigenvalue weighted by Gasteiger charge is -2.18. The molecule has 11 heteroatoms. The van der Waals surface area contributed by atoms with Crippen molar-refractivity contribution < 1.29 is 23.5 Å². The second-order valence-electron chi connectivity index (χ2n) is 6.76. The molecular formula is C23H20ClFN4O4S. The Hall–Kier alpha value is -3.76. The molecule has 0 saturated heterocycles. The van der Waals surface area contributed by atoms with Crippen molar-refractivity contribution in [2.24, 2.45) is 0 Å². The number of anilines is 4. The number of rotatable bonds is 6. The van der Waals surface area contributed by atoms with Crippen LogP contribution in [0.5, 0.6) is 0 Å². The first-order valence-corrected chi connectivity index (χ1v) is 10.8. The van der Waals surface area contributed by atoms with Gasteiger partial charge in [0.05, 0.1) is 28.6 Å². The first kappa shape index (κ1) is 24.9. The summed E-state index contributed by atoms with van der Waals surface area (Å²) in [5.41, 5.74) is 1.45. The van der Waals surface area contributed by atoms with E-state index in [0.29, 0.717) is 22.7 Å². The number of carbonyl (C=O) groups excluding carboxylic acids is 3. The topological polar surface area (TPSA) is 99.8 Å². The first-order valence-electron chi connectivity index (χ1n) is 9.97. The van der Waals surface area contributed by atoms with E-state index in [4.69, 9.17) is 16.3 Å². The van der Waals surface area contributed by atoms with E-state index in [2.05, 4.69) is 28.8 Å². The smallest absolute Gasteiger partial charge is 0.411 e. The molecule has 176 valence electrons. The van der Waals surface area contributed by atoms with Crippen LogP contribution in [0.15, 0.2) is 66.7 Å². The number of carbonyl (C=O) groups is 3. The molecule has 0 aliphatic heterocycles. The van der Waals surface area contributed by atoms with Gasteiger partial charge in [-0.15, -0.1) is 0 Å². The summed E-state index contributed by atoms with van der Waals surface area (Å²) in [4.78, 5) is 36.3. The molecule has 0 heterocycles. The van der Waals surface area contributed by atoms with Gasteiger partial charge in [0.15, 0.2) is 0 Å². The third-order valence-corrected chi connectivity index (χ3v) is 5.14. The quantitative estimate of drug-likeness (QED) is 0.302. The Labute approximate surface area is 205 Å². The molecule has 34 heavy (non-hydrogen) atoms. The van der Waals surface area contributed by atoms with E-state index >= 15 is 0 Å². The fourth-order valence-corrected chi connectivity index (χ4v) is 3.19. The van der Waals surface area contributed by atoms with Crippen molar-refractivity contribution in [1.29, 1.82) is 0 Å². The van der Waals surface area contributed by atoms with Crippen LogP contribution in [-0.4, -0.2) is 24.6 Å². The number of amides is 4. The van der Waals surface area contributed by atoms with Gasteiger partial charge in [-0.3, -0.25) is 10.1 Å². The molecule has 0 aliphatic rings. The molecule has 3 rings (SSSR count). The molecule has 0 aromatic heterocycles. The predicted octanol–water partition coefficient (Wildman–Crippen LogP) is 6.18. The maximum Gasteiger partial charge on any atom is 0.411 e. The van der Waals surface area contributed by atoms with Crippen molar-refractivity contribution in [2.45, 2.75) is 6.92 Å². The molecule has 0 unspecified atom stereocenters. The Bertz CT molecular complexity index is 1210. The van der Waals surface area contributed by atoms with E-state index in [1.165, 1.54) is 30.3 Å². The fourth-order valence-electron chi connectivity index (χ4n) is 2.79. The Morgan fingerprint density at radius 2 is 1.62 bits per heavy atom. The summed E-state index contributed by atoms with van der Waals surface area (Å²) >= 11 is 10.4. The number of benzene rings is 3. The van der Waals surface area contributed by atoms with Gasteiger partial charge < -0.3 is 15.4 Å². The standard InChI is InChI=1S/C23H20ClFN4O4S/c1-2-33-23(32)28-20-12-11-16(13-18(20)24)29(34)22(31)27-15-9-7-14(8-10-15)26-21(30)17-5-3-4-6-19(17)25/h3-13,34H,2H2,1H3,(H,26,30)(H,27,31)(H,28,32). The lowest BCUT2D eigenvalue weighted by atomic mass is 10.2. The fraction of sp³-hybridized carbons (Fsp3) is 0.0870. The van der Waals surface area contributed by atoms with Gasteiger partial charge >= 0.3 is 12.1 Å².